The smallest absolute Gasteiger partial charge is 0.339 e. The summed E-state index contributed by atoms with van der Waals surface area (Å²) in [6.45, 7) is 0. The van der Waals surface area contributed by atoms with Crippen LogP contribution in [0.25, 0.3) is 5.69 Å². The van der Waals surface area contributed by atoms with Gasteiger partial charge in [-0.25, -0.2) is 9.18 Å². The fraction of sp³-hybridized carbons (Fsp3) is 0.182. The number of hydrogen-bond donors (Lipinski definition) is 2. The number of rotatable bonds is 5. The van der Waals surface area contributed by atoms with E-state index in [1.807, 2.05) is 0 Å². The fourth-order valence-electron chi connectivity index (χ4n) is 3.91. The summed E-state index contributed by atoms with van der Waals surface area (Å²) in [6.07, 6.45) is 1.46. The van der Waals surface area contributed by atoms with Crippen molar-refractivity contribution in [3.8, 4) is 17.2 Å². The minimum absolute atomic E-state index is 0.0644. The Labute approximate surface area is 171 Å². The molecule has 0 bridgehead atoms. The van der Waals surface area contributed by atoms with Gasteiger partial charge in [0.25, 0.3) is 0 Å². The van der Waals surface area contributed by atoms with Crippen LogP contribution in [0.2, 0.25) is 0 Å². The summed E-state index contributed by atoms with van der Waals surface area (Å²) >= 11 is 0. The molecule has 1 unspecified atom stereocenters. The number of anilines is 1. The van der Waals surface area contributed by atoms with Gasteiger partial charge in [0, 0.05) is 29.8 Å². The first-order valence-corrected chi connectivity index (χ1v) is 9.19. The second-order valence-corrected chi connectivity index (χ2v) is 6.85. The minimum atomic E-state index is -1.19. The lowest BCUT2D eigenvalue weighted by Gasteiger charge is -2.27. The number of carboxylic acids is 1. The molecule has 30 heavy (non-hydrogen) atoms. The number of para-hydroxylation sites is 1. The van der Waals surface area contributed by atoms with Crippen molar-refractivity contribution >= 4 is 17.6 Å². The number of benzene rings is 2. The molecule has 2 aromatic carbocycles. The highest BCUT2D eigenvalue weighted by molar-refractivity contribution is 6.04. The number of hydrogen-bond acceptors (Lipinski definition) is 4. The molecule has 2 heterocycles. The van der Waals surface area contributed by atoms with E-state index in [-0.39, 0.29) is 23.6 Å². The molecule has 1 atom stereocenters. The highest BCUT2D eigenvalue weighted by Gasteiger charge is 2.36. The molecule has 1 aromatic heterocycles. The van der Waals surface area contributed by atoms with Crippen LogP contribution in [0.15, 0.2) is 48.7 Å². The summed E-state index contributed by atoms with van der Waals surface area (Å²) < 4.78 is 26.4. The standard InChI is InChI=1S/C22H19FN2O5/c1-29-17-8-4-7-14(21(17)30-2)15-10-18(26)24-19-16(22(27)28)11-25(20(15)19)13-6-3-5-12(23)9-13/h3-9,11,15H,10H2,1-2H3,(H,24,26)(H,27,28). The van der Waals surface area contributed by atoms with Crippen LogP contribution < -0.4 is 14.8 Å². The van der Waals surface area contributed by atoms with Crippen LogP contribution >= 0.6 is 0 Å². The Morgan fingerprint density at radius 3 is 2.63 bits per heavy atom. The second-order valence-electron chi connectivity index (χ2n) is 6.85. The van der Waals surface area contributed by atoms with Crippen LogP contribution in [0.5, 0.6) is 11.5 Å². The Bertz CT molecular complexity index is 1150. The average Bonchev–Trinajstić information content (AvgIpc) is 3.12. The molecule has 7 nitrogen and oxygen atoms in total. The number of nitrogens with one attached hydrogen (secondary N) is 1. The zero-order chi connectivity index (χ0) is 21.4. The topological polar surface area (TPSA) is 89.8 Å². The molecule has 0 saturated heterocycles. The van der Waals surface area contributed by atoms with E-state index in [9.17, 15) is 19.1 Å². The number of nitrogens with zero attached hydrogens (tertiary/aromatic N) is 1. The predicted octanol–water partition coefficient (Wildman–Crippen LogP) is 3.81. The Hall–Kier alpha value is -3.81. The van der Waals surface area contributed by atoms with Crippen molar-refractivity contribution in [1.82, 2.24) is 4.57 Å². The quantitative estimate of drug-likeness (QED) is 0.668. The Kier molecular flexibility index (Phi) is 4.91. The normalized spacial score (nSPS) is 15.3. The van der Waals surface area contributed by atoms with Crippen molar-refractivity contribution in [1.29, 1.82) is 0 Å². The summed E-state index contributed by atoms with van der Waals surface area (Å²) in [4.78, 5) is 24.4. The number of fused-ring (bicyclic) bond motifs is 1. The molecule has 0 spiro atoms. The molecule has 0 saturated carbocycles. The Morgan fingerprint density at radius 1 is 1.20 bits per heavy atom. The van der Waals surface area contributed by atoms with E-state index < -0.39 is 17.7 Å². The molecule has 0 radical (unpaired) electrons. The lowest BCUT2D eigenvalue weighted by atomic mass is 9.87. The van der Waals surface area contributed by atoms with E-state index in [4.69, 9.17) is 9.47 Å². The summed E-state index contributed by atoms with van der Waals surface area (Å²) in [5.41, 5.74) is 1.76. The van der Waals surface area contributed by atoms with Gasteiger partial charge in [0.2, 0.25) is 5.91 Å². The molecule has 2 N–H and O–H groups in total. The number of amides is 1. The van der Waals surface area contributed by atoms with Gasteiger partial charge in [-0.15, -0.1) is 0 Å². The van der Waals surface area contributed by atoms with E-state index in [2.05, 4.69) is 5.32 Å². The molecular formula is C22H19FN2O5. The third-order valence-corrected chi connectivity index (χ3v) is 5.15. The molecule has 3 aromatic rings. The first kappa shape index (κ1) is 19.5. The molecule has 0 aliphatic carbocycles. The lowest BCUT2D eigenvalue weighted by molar-refractivity contribution is -0.116. The number of aromatic nitrogens is 1. The van der Waals surface area contributed by atoms with Crippen molar-refractivity contribution < 1.29 is 28.6 Å². The number of carboxylic acid groups (broad SMARTS) is 1. The second kappa shape index (κ2) is 7.55. The van der Waals surface area contributed by atoms with Gasteiger partial charge in [-0.1, -0.05) is 18.2 Å². The largest absolute Gasteiger partial charge is 0.493 e. The van der Waals surface area contributed by atoms with Crippen molar-refractivity contribution in [3.05, 3.63) is 71.3 Å². The molecule has 1 aliphatic heterocycles. The number of ether oxygens (including phenoxy) is 2. The van der Waals surface area contributed by atoms with Gasteiger partial charge < -0.3 is 24.5 Å². The molecule has 8 heteroatoms. The van der Waals surface area contributed by atoms with Gasteiger partial charge in [0.05, 0.1) is 25.6 Å². The summed E-state index contributed by atoms with van der Waals surface area (Å²) in [5, 5.41) is 12.4. The van der Waals surface area contributed by atoms with Crippen LogP contribution in [0.1, 0.15) is 34.0 Å². The van der Waals surface area contributed by atoms with E-state index in [1.54, 1.807) is 34.9 Å². The van der Waals surface area contributed by atoms with E-state index in [0.29, 0.717) is 28.4 Å². The maximum atomic E-state index is 13.9. The SMILES string of the molecule is COc1cccc(C2CC(=O)Nc3c(C(=O)O)cn(-c4cccc(F)c4)c32)c1OC. The van der Waals surface area contributed by atoms with Crippen molar-refractivity contribution in [2.75, 3.05) is 19.5 Å². The summed E-state index contributed by atoms with van der Waals surface area (Å²) in [7, 11) is 3.01. The number of carbonyl (C=O) groups is 2. The first-order chi connectivity index (χ1) is 14.4. The van der Waals surface area contributed by atoms with E-state index in [0.717, 1.165) is 0 Å². The van der Waals surface area contributed by atoms with Crippen LogP contribution in [0.4, 0.5) is 10.1 Å². The Balaban J connectivity index is 2.01. The van der Waals surface area contributed by atoms with Gasteiger partial charge in [0.15, 0.2) is 11.5 Å². The van der Waals surface area contributed by atoms with Gasteiger partial charge in [-0.2, -0.15) is 0 Å². The predicted molar refractivity (Wildman–Crippen MR) is 107 cm³/mol. The highest BCUT2D eigenvalue weighted by atomic mass is 19.1. The number of methoxy groups -OCH3 is 2. The van der Waals surface area contributed by atoms with Gasteiger partial charge in [0.1, 0.15) is 11.4 Å². The first-order valence-electron chi connectivity index (χ1n) is 9.19. The molecule has 1 amide bonds. The van der Waals surface area contributed by atoms with Gasteiger partial charge in [-0.05, 0) is 24.3 Å². The molecule has 4 rings (SSSR count). The molecule has 1 aliphatic rings. The number of halogens is 1. The average molecular weight is 410 g/mol. The van der Waals surface area contributed by atoms with Crippen LogP contribution in [-0.4, -0.2) is 35.8 Å². The Morgan fingerprint density at radius 2 is 1.97 bits per heavy atom. The molecule has 154 valence electrons. The van der Waals surface area contributed by atoms with Crippen molar-refractivity contribution in [2.24, 2.45) is 0 Å². The zero-order valence-electron chi connectivity index (χ0n) is 16.3. The minimum Gasteiger partial charge on any atom is -0.493 e. The van der Waals surface area contributed by atoms with Crippen LogP contribution in [0, 0.1) is 5.82 Å². The van der Waals surface area contributed by atoms with Crippen LogP contribution in [0.3, 0.4) is 0 Å². The fourth-order valence-corrected chi connectivity index (χ4v) is 3.91. The maximum absolute atomic E-state index is 13.9. The highest BCUT2D eigenvalue weighted by Crippen LogP contribution is 2.46. The zero-order valence-corrected chi connectivity index (χ0v) is 16.3. The number of carbonyl (C=O) groups excluding carboxylic acids is 1. The monoisotopic (exact) mass is 410 g/mol. The molecular weight excluding hydrogens is 391 g/mol. The van der Waals surface area contributed by atoms with E-state index in [1.165, 1.54) is 32.5 Å². The number of aromatic carboxylic acids is 1. The van der Waals surface area contributed by atoms with Crippen molar-refractivity contribution in [3.63, 3.8) is 0 Å². The van der Waals surface area contributed by atoms with Gasteiger partial charge >= 0.3 is 5.97 Å². The summed E-state index contributed by atoms with van der Waals surface area (Å²) in [5.74, 6) is -1.56. The summed E-state index contributed by atoms with van der Waals surface area (Å²) in [6, 6.07) is 11.1. The maximum Gasteiger partial charge on any atom is 0.339 e. The van der Waals surface area contributed by atoms with Crippen LogP contribution in [-0.2, 0) is 4.79 Å². The third kappa shape index (κ3) is 3.16. The lowest BCUT2D eigenvalue weighted by Crippen LogP contribution is -2.26. The van der Waals surface area contributed by atoms with Crippen molar-refractivity contribution in [2.45, 2.75) is 12.3 Å². The third-order valence-electron chi connectivity index (χ3n) is 5.15. The molecule has 0 fully saturated rings. The van der Waals surface area contributed by atoms with Gasteiger partial charge in [-0.3, -0.25) is 4.79 Å². The van der Waals surface area contributed by atoms with E-state index >= 15 is 0 Å².